The lowest BCUT2D eigenvalue weighted by molar-refractivity contribution is -0.171. The van der Waals surface area contributed by atoms with Crippen LogP contribution in [0.2, 0.25) is 0 Å². The van der Waals surface area contributed by atoms with E-state index in [1.165, 1.54) is 6.07 Å². The predicted molar refractivity (Wildman–Crippen MR) is 167 cm³/mol. The molecule has 46 heavy (non-hydrogen) atoms. The summed E-state index contributed by atoms with van der Waals surface area (Å²) in [6, 6.07) is 3.19. The summed E-state index contributed by atoms with van der Waals surface area (Å²) < 4.78 is 21.9. The maximum Gasteiger partial charge on any atom is 0.209 e. The van der Waals surface area contributed by atoms with Gasteiger partial charge in [-0.1, -0.05) is 33.8 Å². The Kier molecular flexibility index (Phi) is 9.98. The van der Waals surface area contributed by atoms with E-state index in [1.54, 1.807) is 62.2 Å². The molecule has 4 rings (SSSR count). The van der Waals surface area contributed by atoms with Crippen LogP contribution < -0.4 is 0 Å². The first-order chi connectivity index (χ1) is 21.5. The Morgan fingerprint density at radius 3 is 1.98 bits per heavy atom. The molecule has 1 unspecified atom stereocenters. The monoisotopic (exact) mass is 644 g/mol. The number of phenolic OH excluding ortho intramolecular Hbond substituents is 1. The second-order valence-electron chi connectivity index (χ2n) is 13.9. The van der Waals surface area contributed by atoms with E-state index in [4.69, 9.17) is 18.9 Å². The van der Waals surface area contributed by atoms with Crippen molar-refractivity contribution in [3.8, 4) is 5.75 Å². The minimum atomic E-state index is -2.65. The van der Waals surface area contributed by atoms with E-state index >= 15 is 0 Å². The van der Waals surface area contributed by atoms with Gasteiger partial charge < -0.3 is 39.4 Å². The molecule has 0 aliphatic heterocycles. The quantitative estimate of drug-likeness (QED) is 0.186. The van der Waals surface area contributed by atoms with Crippen LogP contribution in [0.15, 0.2) is 34.8 Å². The number of carbonyl (C=O) groups is 3. The topological polar surface area (TPSA) is 169 Å². The molecule has 4 atom stereocenters. The maximum absolute atomic E-state index is 14.4. The van der Waals surface area contributed by atoms with Crippen molar-refractivity contribution in [1.82, 2.24) is 0 Å². The van der Waals surface area contributed by atoms with Crippen molar-refractivity contribution in [3.05, 3.63) is 51.5 Å². The van der Waals surface area contributed by atoms with E-state index in [-0.39, 0.29) is 41.6 Å². The molecular formula is C35H48O11. The number of ether oxygens (including phenoxy) is 4. The number of hydrogen-bond acceptors (Lipinski definition) is 11. The molecular weight excluding hydrogens is 596 g/mol. The number of carbonyl (C=O) groups excluding carboxylic acids is 3. The predicted octanol–water partition coefficient (Wildman–Crippen LogP) is 4.52. The number of allylic oxidation sites excluding steroid dienone is 2. The zero-order valence-electron chi connectivity index (χ0n) is 28.2. The minimum absolute atomic E-state index is 0.0126. The lowest BCUT2D eigenvalue weighted by Gasteiger charge is -2.59. The van der Waals surface area contributed by atoms with Crippen molar-refractivity contribution in [1.29, 1.82) is 0 Å². The fraction of sp³-hybridized carbons (Fsp3) is 0.629. The van der Waals surface area contributed by atoms with Gasteiger partial charge in [-0.15, -0.1) is 0 Å². The van der Waals surface area contributed by atoms with E-state index in [1.807, 2.05) is 0 Å². The molecule has 11 heteroatoms. The number of benzene rings is 1. The Morgan fingerprint density at radius 2 is 1.50 bits per heavy atom. The lowest BCUT2D eigenvalue weighted by atomic mass is 9.44. The third-order valence-electron chi connectivity index (χ3n) is 10.6. The highest BCUT2D eigenvalue weighted by atomic mass is 16.7. The summed E-state index contributed by atoms with van der Waals surface area (Å²) >= 11 is 0. The Hall–Kier alpha value is -3.09. The molecule has 11 nitrogen and oxygen atoms in total. The van der Waals surface area contributed by atoms with Gasteiger partial charge in [0, 0.05) is 63.6 Å². The van der Waals surface area contributed by atoms with Gasteiger partial charge in [-0.2, -0.15) is 0 Å². The Morgan fingerprint density at radius 1 is 0.957 bits per heavy atom. The Balaban J connectivity index is 1.91. The van der Waals surface area contributed by atoms with Gasteiger partial charge in [-0.3, -0.25) is 14.4 Å². The molecule has 254 valence electrons. The van der Waals surface area contributed by atoms with Crippen LogP contribution in [0, 0.1) is 28.6 Å². The molecule has 0 aromatic heterocycles. The number of aliphatic hydroxyl groups excluding tert-OH is 2. The Bertz CT molecular complexity index is 1450. The zero-order valence-corrected chi connectivity index (χ0v) is 28.2. The highest BCUT2D eigenvalue weighted by molar-refractivity contribution is 6.25. The summed E-state index contributed by atoms with van der Waals surface area (Å²) in [5.74, 6) is -5.48. The molecule has 1 aromatic rings. The molecule has 3 aliphatic carbocycles. The number of ketones is 3. The summed E-state index contributed by atoms with van der Waals surface area (Å²) in [6.45, 7) is 8.12. The number of phenols is 1. The second-order valence-corrected chi connectivity index (χ2v) is 13.9. The van der Waals surface area contributed by atoms with Gasteiger partial charge >= 0.3 is 0 Å². The van der Waals surface area contributed by atoms with Crippen LogP contribution in [-0.2, 0) is 41.4 Å². The number of aliphatic hydroxyl groups is 3. The van der Waals surface area contributed by atoms with Crippen LogP contribution >= 0.6 is 0 Å². The zero-order chi connectivity index (χ0) is 34.5. The van der Waals surface area contributed by atoms with Crippen molar-refractivity contribution in [2.45, 2.75) is 84.9 Å². The average Bonchev–Trinajstić information content (AvgIpc) is 2.97. The standard InChI is InChI=1S/C35H48O11/c1-17(2)27-29(38)25(18(3)36)31(40)35(42)32(41)28-30(39)26-21(15-33(28,4)16-34(27,35)5)20(10-11-22(26)37)12-19(13-23(43-6)44-7)14-24(45-8)46-9/h10-11,17,19,23-24,27,37-38,41-42H,12-16H2,1-9H3/t27?,33-,34-,35+/m1/s1. The van der Waals surface area contributed by atoms with Gasteiger partial charge in [0.2, 0.25) is 5.78 Å². The SMILES string of the molecule is COC(CC(Cc1ccc(O)c2c1C[C@]1(C)C[C@]3(C)C(C(C)C)C(O)=C(C(C)=O)C(=O)[C@]3(O)C(O)=C1C2=O)CC(OC)OC)OC. The van der Waals surface area contributed by atoms with Crippen molar-refractivity contribution in [3.63, 3.8) is 0 Å². The molecule has 0 spiro atoms. The van der Waals surface area contributed by atoms with E-state index < -0.39 is 69.4 Å². The summed E-state index contributed by atoms with van der Waals surface area (Å²) in [7, 11) is 6.20. The lowest BCUT2D eigenvalue weighted by Crippen LogP contribution is -2.67. The summed E-state index contributed by atoms with van der Waals surface area (Å²) in [4.78, 5) is 40.9. The normalized spacial score (nSPS) is 28.0. The van der Waals surface area contributed by atoms with Gasteiger partial charge in [-0.05, 0) is 55.2 Å². The Labute approximate surface area is 270 Å². The smallest absolute Gasteiger partial charge is 0.209 e. The molecule has 3 aliphatic rings. The molecule has 0 radical (unpaired) electrons. The number of aromatic hydroxyl groups is 1. The average molecular weight is 645 g/mol. The molecule has 0 saturated heterocycles. The first kappa shape index (κ1) is 35.8. The van der Waals surface area contributed by atoms with E-state index in [2.05, 4.69) is 0 Å². The molecule has 0 heterocycles. The second kappa shape index (κ2) is 12.8. The van der Waals surface area contributed by atoms with Gasteiger partial charge in [0.1, 0.15) is 22.8 Å². The summed E-state index contributed by atoms with van der Waals surface area (Å²) in [5, 5.41) is 46.5. The van der Waals surface area contributed by atoms with Gasteiger partial charge in [0.05, 0.1) is 5.56 Å². The van der Waals surface area contributed by atoms with E-state index in [9.17, 15) is 34.8 Å². The molecule has 0 amide bonds. The van der Waals surface area contributed by atoms with Crippen molar-refractivity contribution in [2.24, 2.45) is 28.6 Å². The van der Waals surface area contributed by atoms with Crippen LogP contribution in [-0.4, -0.2) is 84.4 Å². The molecule has 0 fully saturated rings. The van der Waals surface area contributed by atoms with E-state index in [0.29, 0.717) is 24.8 Å². The highest BCUT2D eigenvalue weighted by Gasteiger charge is 2.71. The van der Waals surface area contributed by atoms with Gasteiger partial charge in [-0.25, -0.2) is 0 Å². The van der Waals surface area contributed by atoms with Crippen LogP contribution in [0.1, 0.15) is 75.4 Å². The molecule has 0 saturated carbocycles. The van der Waals surface area contributed by atoms with Gasteiger partial charge in [0.25, 0.3) is 0 Å². The number of methoxy groups -OCH3 is 4. The summed E-state index contributed by atoms with van der Waals surface area (Å²) in [5.41, 5.74) is -4.65. The highest BCUT2D eigenvalue weighted by Crippen LogP contribution is 2.65. The van der Waals surface area contributed by atoms with Crippen LogP contribution in [0.3, 0.4) is 0 Å². The van der Waals surface area contributed by atoms with E-state index in [0.717, 1.165) is 12.5 Å². The third kappa shape index (κ3) is 5.39. The number of fused-ring (bicyclic) bond motifs is 3. The maximum atomic E-state index is 14.4. The van der Waals surface area contributed by atoms with Crippen molar-refractivity contribution in [2.75, 3.05) is 28.4 Å². The van der Waals surface area contributed by atoms with Crippen LogP contribution in [0.4, 0.5) is 0 Å². The largest absolute Gasteiger partial charge is 0.511 e. The van der Waals surface area contributed by atoms with Crippen molar-refractivity contribution < 1.29 is 53.8 Å². The third-order valence-corrected chi connectivity index (χ3v) is 10.6. The minimum Gasteiger partial charge on any atom is -0.511 e. The molecule has 0 bridgehead atoms. The molecule has 4 N–H and O–H groups in total. The fourth-order valence-corrected chi connectivity index (χ4v) is 8.68. The number of Topliss-reactive ketones (excluding diaryl/α,β-unsaturated/α-hetero) is 3. The number of rotatable bonds is 12. The van der Waals surface area contributed by atoms with Gasteiger partial charge in [0.15, 0.2) is 29.7 Å². The fourth-order valence-electron chi connectivity index (χ4n) is 8.68. The first-order valence-corrected chi connectivity index (χ1v) is 15.6. The summed E-state index contributed by atoms with van der Waals surface area (Å²) in [6.07, 6.45) is 0.608. The number of hydrogen-bond donors (Lipinski definition) is 4. The molecule has 1 aromatic carbocycles. The van der Waals surface area contributed by atoms with Crippen molar-refractivity contribution >= 4 is 17.3 Å². The van der Waals surface area contributed by atoms with Crippen LogP contribution in [0.25, 0.3) is 0 Å². The van der Waals surface area contributed by atoms with Crippen LogP contribution in [0.5, 0.6) is 5.75 Å². The first-order valence-electron chi connectivity index (χ1n) is 15.6.